The van der Waals surface area contributed by atoms with Crippen LogP contribution in [0.5, 0.6) is 5.75 Å². The van der Waals surface area contributed by atoms with Crippen LogP contribution in [0.25, 0.3) is 0 Å². The van der Waals surface area contributed by atoms with Crippen LogP contribution < -0.4 is 4.74 Å². The van der Waals surface area contributed by atoms with Crippen LogP contribution in [0.1, 0.15) is 31.4 Å². The summed E-state index contributed by atoms with van der Waals surface area (Å²) < 4.78 is 24.9. The summed E-state index contributed by atoms with van der Waals surface area (Å²) in [5.74, 6) is 0.732. The maximum Gasteiger partial charge on any atom is 0.192 e. The average Bonchev–Trinajstić information content (AvgIpc) is 2.68. The van der Waals surface area contributed by atoms with Crippen LogP contribution >= 0.6 is 15.9 Å². The molecule has 0 spiro atoms. The van der Waals surface area contributed by atoms with E-state index in [1.54, 1.807) is 0 Å². The van der Waals surface area contributed by atoms with Gasteiger partial charge in [0.25, 0.3) is 0 Å². The molecule has 0 saturated carbocycles. The number of morpholine rings is 1. The van der Waals surface area contributed by atoms with Crippen LogP contribution in [0, 0.1) is 0 Å². The number of fused-ring (bicyclic) bond motifs is 2. The van der Waals surface area contributed by atoms with Crippen molar-refractivity contribution in [3.63, 3.8) is 0 Å². The summed E-state index contributed by atoms with van der Waals surface area (Å²) in [5, 5.41) is 11.2. The summed E-state index contributed by atoms with van der Waals surface area (Å²) in [6.45, 7) is 6.07. The Bertz CT molecular complexity index is 638. The molecule has 3 aliphatic rings. The molecule has 4 unspecified atom stereocenters. The first kappa shape index (κ1) is 18.7. The van der Waals surface area contributed by atoms with Crippen molar-refractivity contribution in [1.82, 2.24) is 4.90 Å². The Morgan fingerprint density at radius 2 is 2.15 bits per heavy atom. The molecule has 6 nitrogen and oxygen atoms in total. The first-order valence-electron chi connectivity index (χ1n) is 9.36. The summed E-state index contributed by atoms with van der Waals surface area (Å²) in [5.41, 5.74) is 0.109. The first-order chi connectivity index (χ1) is 12.6. The number of halogens is 1. The largest absolute Gasteiger partial charge is 0.469 e. The highest BCUT2D eigenvalue weighted by molar-refractivity contribution is 9.10. The standard InChI is InChI=1S/C19H26BrNO5/c1-2-23-12-14-5-6-19(21-7-9-24-10-8-21)18(25-14)17(22)15-11-13(20)3-4-16(15)26-19/h3-4,11,14,17-18,22H,2,5-10,12H2,1H3. The van der Waals surface area contributed by atoms with Gasteiger partial charge in [-0.05, 0) is 31.5 Å². The van der Waals surface area contributed by atoms with E-state index in [9.17, 15) is 5.11 Å². The Morgan fingerprint density at radius 3 is 2.92 bits per heavy atom. The fourth-order valence-electron chi connectivity index (χ4n) is 4.24. The third-order valence-corrected chi connectivity index (χ3v) is 6.02. The minimum atomic E-state index is -0.747. The van der Waals surface area contributed by atoms with Crippen LogP contribution in [-0.4, -0.2) is 67.5 Å². The van der Waals surface area contributed by atoms with Gasteiger partial charge in [0.1, 0.15) is 18.0 Å². The van der Waals surface area contributed by atoms with E-state index >= 15 is 0 Å². The van der Waals surface area contributed by atoms with Crippen molar-refractivity contribution in [3.8, 4) is 5.75 Å². The molecule has 0 radical (unpaired) electrons. The molecule has 0 aromatic heterocycles. The van der Waals surface area contributed by atoms with Crippen molar-refractivity contribution in [2.45, 2.75) is 43.8 Å². The van der Waals surface area contributed by atoms with Crippen molar-refractivity contribution in [2.75, 3.05) is 39.5 Å². The van der Waals surface area contributed by atoms with Gasteiger partial charge in [0.05, 0.1) is 25.9 Å². The van der Waals surface area contributed by atoms with Crippen molar-refractivity contribution in [3.05, 3.63) is 28.2 Å². The van der Waals surface area contributed by atoms with Gasteiger partial charge in [-0.1, -0.05) is 15.9 Å². The smallest absolute Gasteiger partial charge is 0.192 e. The second kappa shape index (κ2) is 7.73. The summed E-state index contributed by atoms with van der Waals surface area (Å²) >= 11 is 3.49. The maximum absolute atomic E-state index is 11.2. The quantitative estimate of drug-likeness (QED) is 0.796. The Labute approximate surface area is 162 Å². The highest BCUT2D eigenvalue weighted by Crippen LogP contribution is 2.48. The molecule has 3 heterocycles. The van der Waals surface area contributed by atoms with Crippen molar-refractivity contribution in [2.24, 2.45) is 0 Å². The molecule has 0 amide bonds. The monoisotopic (exact) mass is 427 g/mol. The Kier molecular flexibility index (Phi) is 5.55. The normalized spacial score (nSPS) is 34.7. The molecule has 26 heavy (non-hydrogen) atoms. The van der Waals surface area contributed by atoms with Gasteiger partial charge in [0.15, 0.2) is 5.72 Å². The van der Waals surface area contributed by atoms with E-state index in [-0.39, 0.29) is 6.10 Å². The molecule has 4 atom stereocenters. The SMILES string of the molecule is CCOCC1CCC2(N3CCOCC3)Oc3ccc(Br)cc3C(O)C2O1. The van der Waals surface area contributed by atoms with Crippen LogP contribution in [0.3, 0.4) is 0 Å². The molecule has 3 aliphatic heterocycles. The predicted octanol–water partition coefficient (Wildman–Crippen LogP) is 2.49. The highest BCUT2D eigenvalue weighted by Gasteiger charge is 2.57. The minimum absolute atomic E-state index is 0.0268. The number of benzene rings is 1. The molecule has 7 heteroatoms. The van der Waals surface area contributed by atoms with Gasteiger partial charge in [-0.15, -0.1) is 0 Å². The summed E-state index contributed by atoms with van der Waals surface area (Å²) in [4.78, 5) is 2.28. The van der Waals surface area contributed by atoms with Gasteiger partial charge >= 0.3 is 0 Å². The lowest BCUT2D eigenvalue weighted by molar-refractivity contribution is -0.277. The summed E-state index contributed by atoms with van der Waals surface area (Å²) in [6.07, 6.45) is 0.403. The number of aliphatic hydroxyl groups excluding tert-OH is 1. The van der Waals surface area contributed by atoms with E-state index in [0.29, 0.717) is 26.4 Å². The van der Waals surface area contributed by atoms with E-state index in [1.165, 1.54) is 0 Å². The van der Waals surface area contributed by atoms with Crippen molar-refractivity contribution < 1.29 is 24.1 Å². The van der Waals surface area contributed by atoms with Gasteiger partial charge in [-0.25, -0.2) is 0 Å². The molecular weight excluding hydrogens is 402 g/mol. The van der Waals surface area contributed by atoms with Gasteiger partial charge in [-0.3, -0.25) is 4.90 Å². The molecule has 144 valence electrons. The number of nitrogens with zero attached hydrogens (tertiary/aromatic N) is 1. The van der Waals surface area contributed by atoms with Gasteiger partial charge in [-0.2, -0.15) is 0 Å². The lowest BCUT2D eigenvalue weighted by Gasteiger charge is -2.56. The molecule has 1 N–H and O–H groups in total. The summed E-state index contributed by atoms with van der Waals surface area (Å²) in [6, 6.07) is 5.78. The molecule has 4 rings (SSSR count). The molecule has 1 aromatic carbocycles. The zero-order valence-electron chi connectivity index (χ0n) is 15.0. The van der Waals surface area contributed by atoms with Crippen LogP contribution in [0.2, 0.25) is 0 Å². The van der Waals surface area contributed by atoms with Crippen LogP contribution in [0.4, 0.5) is 0 Å². The molecule has 2 saturated heterocycles. The van der Waals surface area contributed by atoms with Gasteiger partial charge < -0.3 is 24.1 Å². The zero-order valence-corrected chi connectivity index (χ0v) is 16.6. The minimum Gasteiger partial charge on any atom is -0.469 e. The number of hydrogen-bond donors (Lipinski definition) is 1. The predicted molar refractivity (Wildman–Crippen MR) is 99.2 cm³/mol. The molecule has 1 aromatic rings. The fraction of sp³-hybridized carbons (Fsp3) is 0.684. The number of hydrogen-bond acceptors (Lipinski definition) is 6. The van der Waals surface area contributed by atoms with Gasteiger partial charge in [0, 0.05) is 36.2 Å². The highest BCUT2D eigenvalue weighted by atomic mass is 79.9. The first-order valence-corrected chi connectivity index (χ1v) is 10.2. The lowest BCUT2D eigenvalue weighted by atomic mass is 9.84. The Balaban J connectivity index is 1.68. The van der Waals surface area contributed by atoms with Crippen LogP contribution in [-0.2, 0) is 14.2 Å². The molecule has 0 bridgehead atoms. The topological polar surface area (TPSA) is 60.4 Å². The van der Waals surface area contributed by atoms with E-state index in [0.717, 1.165) is 41.7 Å². The Morgan fingerprint density at radius 1 is 1.35 bits per heavy atom. The van der Waals surface area contributed by atoms with Crippen molar-refractivity contribution in [1.29, 1.82) is 0 Å². The molecule has 0 aliphatic carbocycles. The fourth-order valence-corrected chi connectivity index (χ4v) is 4.61. The van der Waals surface area contributed by atoms with E-state index < -0.39 is 17.9 Å². The third-order valence-electron chi connectivity index (χ3n) is 5.53. The summed E-state index contributed by atoms with van der Waals surface area (Å²) in [7, 11) is 0. The number of rotatable bonds is 4. The number of aliphatic hydroxyl groups is 1. The van der Waals surface area contributed by atoms with Crippen molar-refractivity contribution >= 4 is 15.9 Å². The van der Waals surface area contributed by atoms with E-state index in [2.05, 4.69) is 20.8 Å². The maximum atomic E-state index is 11.2. The second-order valence-electron chi connectivity index (χ2n) is 7.05. The molecular formula is C19H26BrNO5. The zero-order chi connectivity index (χ0) is 18.1. The van der Waals surface area contributed by atoms with Crippen LogP contribution in [0.15, 0.2) is 22.7 Å². The second-order valence-corrected chi connectivity index (χ2v) is 7.97. The van der Waals surface area contributed by atoms with Gasteiger partial charge in [0.2, 0.25) is 0 Å². The lowest BCUT2D eigenvalue weighted by Crippen LogP contribution is -2.69. The van der Waals surface area contributed by atoms with E-state index in [1.807, 2.05) is 25.1 Å². The van der Waals surface area contributed by atoms with E-state index in [4.69, 9.17) is 18.9 Å². The Hall–Kier alpha value is -0.700. The average molecular weight is 428 g/mol. The third kappa shape index (κ3) is 3.30. The number of ether oxygens (including phenoxy) is 4. The molecule has 2 fully saturated rings.